The number of hydrogen-bond acceptors (Lipinski definition) is 3. The van der Waals surface area contributed by atoms with E-state index in [4.69, 9.17) is 5.73 Å². The Balaban J connectivity index is 1.93. The van der Waals surface area contributed by atoms with Crippen molar-refractivity contribution in [2.45, 2.75) is 32.6 Å². The van der Waals surface area contributed by atoms with E-state index in [0.717, 1.165) is 29.9 Å². The molecular formula is C17H19N3. The number of anilines is 1. The molecule has 0 bridgehead atoms. The topological polar surface area (TPSA) is 50.7 Å². The normalized spacial score (nSPS) is 14.4. The summed E-state index contributed by atoms with van der Waals surface area (Å²) in [7, 11) is 0. The van der Waals surface area contributed by atoms with Gasteiger partial charge in [-0.1, -0.05) is 17.7 Å². The lowest BCUT2D eigenvalue weighted by atomic mass is 9.89. The number of rotatable bonds is 2. The lowest BCUT2D eigenvalue weighted by molar-refractivity contribution is 0.687. The number of azo groups is 1. The molecule has 3 heteroatoms. The highest BCUT2D eigenvalue weighted by Crippen LogP contribution is 2.34. The number of hydrogen-bond donors (Lipinski definition) is 1. The standard InChI is InChI=1S/C17H19N3/c1-12-6-8-13(9-7-12)19-20-17-11-10-16(18)14-4-2-3-5-15(14)17/h6-11H,2-5,18H2,1H3/b20-19+. The highest BCUT2D eigenvalue weighted by Gasteiger charge is 2.15. The van der Waals surface area contributed by atoms with E-state index in [2.05, 4.69) is 17.2 Å². The van der Waals surface area contributed by atoms with Gasteiger partial charge in [-0.15, -0.1) is 0 Å². The van der Waals surface area contributed by atoms with Crippen LogP contribution in [0.25, 0.3) is 0 Å². The monoisotopic (exact) mass is 265 g/mol. The number of fused-ring (bicyclic) bond motifs is 1. The minimum absolute atomic E-state index is 0.886. The maximum absolute atomic E-state index is 6.06. The summed E-state index contributed by atoms with van der Waals surface area (Å²) in [5.41, 5.74) is 12.6. The Bertz CT molecular complexity index is 642. The fraction of sp³-hybridized carbons (Fsp3) is 0.294. The lowest BCUT2D eigenvalue weighted by Gasteiger charge is -2.18. The molecule has 2 aromatic rings. The molecule has 102 valence electrons. The molecule has 0 aliphatic heterocycles. The second kappa shape index (κ2) is 5.45. The average Bonchev–Trinajstić information content (AvgIpc) is 2.49. The first-order chi connectivity index (χ1) is 9.74. The zero-order valence-electron chi connectivity index (χ0n) is 11.8. The van der Waals surface area contributed by atoms with Crippen LogP contribution in [0, 0.1) is 6.92 Å². The summed E-state index contributed by atoms with van der Waals surface area (Å²) in [4.78, 5) is 0. The first kappa shape index (κ1) is 12.9. The van der Waals surface area contributed by atoms with E-state index in [0.29, 0.717) is 0 Å². The molecule has 0 saturated carbocycles. The largest absolute Gasteiger partial charge is 0.398 e. The predicted molar refractivity (Wildman–Crippen MR) is 82.9 cm³/mol. The van der Waals surface area contributed by atoms with Crippen LogP contribution in [-0.4, -0.2) is 0 Å². The van der Waals surface area contributed by atoms with Crippen molar-refractivity contribution in [3.05, 3.63) is 53.1 Å². The van der Waals surface area contributed by atoms with E-state index in [-0.39, 0.29) is 0 Å². The van der Waals surface area contributed by atoms with Crippen molar-refractivity contribution >= 4 is 17.1 Å². The summed E-state index contributed by atoms with van der Waals surface area (Å²) in [6.45, 7) is 2.07. The second-order valence-electron chi connectivity index (χ2n) is 5.37. The van der Waals surface area contributed by atoms with Gasteiger partial charge in [-0.25, -0.2) is 0 Å². The zero-order chi connectivity index (χ0) is 13.9. The van der Waals surface area contributed by atoms with Gasteiger partial charge < -0.3 is 5.73 Å². The Morgan fingerprint density at radius 2 is 1.55 bits per heavy atom. The molecule has 2 aromatic carbocycles. The number of aryl methyl sites for hydroxylation is 1. The van der Waals surface area contributed by atoms with Gasteiger partial charge in [-0.3, -0.25) is 0 Å². The first-order valence-corrected chi connectivity index (χ1v) is 7.13. The molecule has 1 aliphatic carbocycles. The molecule has 20 heavy (non-hydrogen) atoms. The van der Waals surface area contributed by atoms with E-state index in [9.17, 15) is 0 Å². The second-order valence-corrected chi connectivity index (χ2v) is 5.37. The molecule has 3 rings (SSSR count). The van der Waals surface area contributed by atoms with E-state index in [1.807, 2.05) is 36.4 Å². The van der Waals surface area contributed by atoms with E-state index >= 15 is 0 Å². The third-order valence-electron chi connectivity index (χ3n) is 3.85. The molecule has 0 atom stereocenters. The molecule has 0 amide bonds. The van der Waals surface area contributed by atoms with E-state index in [1.54, 1.807) is 0 Å². The molecule has 0 unspecified atom stereocenters. The first-order valence-electron chi connectivity index (χ1n) is 7.13. The van der Waals surface area contributed by atoms with E-state index in [1.165, 1.54) is 29.5 Å². The predicted octanol–water partition coefficient (Wildman–Crippen LogP) is 4.87. The summed E-state index contributed by atoms with van der Waals surface area (Å²) in [6.07, 6.45) is 4.55. The minimum atomic E-state index is 0.886. The number of nitrogen functional groups attached to an aromatic ring is 1. The van der Waals surface area contributed by atoms with E-state index < -0.39 is 0 Å². The fourth-order valence-electron chi connectivity index (χ4n) is 2.69. The van der Waals surface area contributed by atoms with Crippen molar-refractivity contribution in [2.75, 3.05) is 5.73 Å². The van der Waals surface area contributed by atoms with Crippen LogP contribution in [0.1, 0.15) is 29.5 Å². The van der Waals surface area contributed by atoms with Gasteiger partial charge in [0.2, 0.25) is 0 Å². The van der Waals surface area contributed by atoms with Crippen LogP contribution < -0.4 is 5.73 Å². The Morgan fingerprint density at radius 3 is 2.30 bits per heavy atom. The maximum atomic E-state index is 6.06. The Labute approximate surface area is 119 Å². The van der Waals surface area contributed by atoms with Crippen LogP contribution in [0.3, 0.4) is 0 Å². The zero-order valence-corrected chi connectivity index (χ0v) is 11.8. The summed E-state index contributed by atoms with van der Waals surface area (Å²) in [5.74, 6) is 0. The molecule has 0 saturated heterocycles. The van der Waals surface area contributed by atoms with Crippen molar-refractivity contribution < 1.29 is 0 Å². The molecular weight excluding hydrogens is 246 g/mol. The average molecular weight is 265 g/mol. The highest BCUT2D eigenvalue weighted by atomic mass is 15.1. The third kappa shape index (κ3) is 2.57. The quantitative estimate of drug-likeness (QED) is 0.611. The third-order valence-corrected chi connectivity index (χ3v) is 3.85. The SMILES string of the molecule is Cc1ccc(/N=N/c2ccc(N)c3c2CCCC3)cc1. The van der Waals surface area contributed by atoms with Gasteiger partial charge in [0, 0.05) is 5.69 Å². The van der Waals surface area contributed by atoms with Gasteiger partial charge in [-0.05, 0) is 68.0 Å². The number of nitrogens with zero attached hydrogens (tertiary/aromatic N) is 2. The molecule has 0 heterocycles. The molecule has 3 nitrogen and oxygen atoms in total. The van der Waals surface area contributed by atoms with Gasteiger partial charge in [0.1, 0.15) is 0 Å². The van der Waals surface area contributed by atoms with Crippen molar-refractivity contribution in [3.63, 3.8) is 0 Å². The van der Waals surface area contributed by atoms with Crippen LogP contribution in [0.5, 0.6) is 0 Å². The van der Waals surface area contributed by atoms with Gasteiger partial charge in [0.25, 0.3) is 0 Å². The molecule has 0 radical (unpaired) electrons. The molecule has 2 N–H and O–H groups in total. The van der Waals surface area contributed by atoms with Crippen molar-refractivity contribution in [1.29, 1.82) is 0 Å². The summed E-state index contributed by atoms with van der Waals surface area (Å²) >= 11 is 0. The minimum Gasteiger partial charge on any atom is -0.398 e. The van der Waals surface area contributed by atoms with Crippen LogP contribution in [0.15, 0.2) is 46.6 Å². The highest BCUT2D eigenvalue weighted by molar-refractivity contribution is 5.62. The van der Waals surface area contributed by atoms with Crippen LogP contribution in [0.4, 0.5) is 17.1 Å². The number of nitrogens with two attached hydrogens (primary N) is 1. The smallest absolute Gasteiger partial charge is 0.0893 e. The van der Waals surface area contributed by atoms with Crippen LogP contribution in [-0.2, 0) is 12.8 Å². The lowest BCUT2D eigenvalue weighted by Crippen LogP contribution is -2.06. The Kier molecular flexibility index (Phi) is 3.50. The van der Waals surface area contributed by atoms with Gasteiger partial charge in [0.15, 0.2) is 0 Å². The molecule has 0 spiro atoms. The van der Waals surface area contributed by atoms with Gasteiger partial charge in [-0.2, -0.15) is 10.2 Å². The molecule has 0 aromatic heterocycles. The van der Waals surface area contributed by atoms with Crippen LogP contribution in [0.2, 0.25) is 0 Å². The number of benzene rings is 2. The fourth-order valence-corrected chi connectivity index (χ4v) is 2.69. The van der Waals surface area contributed by atoms with Crippen molar-refractivity contribution in [1.82, 2.24) is 0 Å². The summed E-state index contributed by atoms with van der Waals surface area (Å²) < 4.78 is 0. The van der Waals surface area contributed by atoms with Crippen LogP contribution >= 0.6 is 0 Å². The molecule has 0 fully saturated rings. The Morgan fingerprint density at radius 1 is 0.850 bits per heavy atom. The Hall–Kier alpha value is -2.16. The van der Waals surface area contributed by atoms with Crippen molar-refractivity contribution in [2.24, 2.45) is 10.2 Å². The van der Waals surface area contributed by atoms with Gasteiger partial charge in [0.05, 0.1) is 11.4 Å². The van der Waals surface area contributed by atoms with Crippen molar-refractivity contribution in [3.8, 4) is 0 Å². The molecule has 1 aliphatic rings. The summed E-state index contributed by atoms with van der Waals surface area (Å²) in [6, 6.07) is 12.0. The maximum Gasteiger partial charge on any atom is 0.0893 e. The van der Waals surface area contributed by atoms with Gasteiger partial charge >= 0.3 is 0 Å². The summed E-state index contributed by atoms with van der Waals surface area (Å²) in [5, 5.41) is 8.77.